The molecule has 4 heteroatoms. The number of Topliss-reactive ketones (excluding diaryl/α,β-unsaturated/α-hetero) is 2. The van der Waals surface area contributed by atoms with Crippen molar-refractivity contribution in [2.45, 2.75) is 25.7 Å². The van der Waals surface area contributed by atoms with E-state index in [-0.39, 0.29) is 30.3 Å². The number of aromatic nitrogens is 2. The lowest BCUT2D eigenvalue weighted by molar-refractivity contribution is 0.0939. The average molecular weight is 344 g/mol. The highest BCUT2D eigenvalue weighted by atomic mass is 16.1. The molecule has 3 aromatic rings. The molecule has 0 fully saturated rings. The predicted octanol–water partition coefficient (Wildman–Crippen LogP) is 4.41. The Hall–Kier alpha value is -3.14. The van der Waals surface area contributed by atoms with E-state index in [1.807, 2.05) is 31.2 Å². The lowest BCUT2D eigenvalue weighted by Crippen LogP contribution is -2.14. The molecule has 0 unspecified atom stereocenters. The van der Waals surface area contributed by atoms with Gasteiger partial charge in [-0.2, -0.15) is 0 Å². The molecular weight excluding hydrogens is 324 g/mol. The number of ketones is 2. The van der Waals surface area contributed by atoms with Crippen LogP contribution in [0.3, 0.4) is 0 Å². The number of carbonyl (C=O) groups excluding carboxylic acids is 2. The first-order valence-electron chi connectivity index (χ1n) is 8.58. The second-order valence-corrected chi connectivity index (χ2v) is 6.29. The van der Waals surface area contributed by atoms with Gasteiger partial charge >= 0.3 is 0 Å². The first-order valence-corrected chi connectivity index (χ1v) is 8.58. The van der Waals surface area contributed by atoms with E-state index >= 15 is 0 Å². The Morgan fingerprint density at radius 1 is 0.769 bits per heavy atom. The third-order valence-electron chi connectivity index (χ3n) is 4.31. The standard InChI is InChI=1S/C22H20N2O2/c1-16-8-10-17(11-9-16)18(14-21(25)19-6-2-4-12-23-19)15-22(26)20-7-3-5-13-24-20/h2-13,18H,14-15H2,1H3. The van der Waals surface area contributed by atoms with Crippen molar-refractivity contribution in [3.05, 3.63) is 95.6 Å². The van der Waals surface area contributed by atoms with Crippen LogP contribution >= 0.6 is 0 Å². The van der Waals surface area contributed by atoms with Gasteiger partial charge in [-0.15, -0.1) is 0 Å². The zero-order valence-corrected chi connectivity index (χ0v) is 14.6. The Morgan fingerprint density at radius 3 is 1.69 bits per heavy atom. The summed E-state index contributed by atoms with van der Waals surface area (Å²) in [6.07, 6.45) is 3.68. The first-order chi connectivity index (χ1) is 12.6. The van der Waals surface area contributed by atoms with Gasteiger partial charge in [-0.05, 0) is 42.7 Å². The summed E-state index contributed by atoms with van der Waals surface area (Å²) < 4.78 is 0. The van der Waals surface area contributed by atoms with Gasteiger partial charge in [0.05, 0.1) is 0 Å². The Balaban J connectivity index is 1.83. The molecular formula is C22H20N2O2. The highest BCUT2D eigenvalue weighted by Gasteiger charge is 2.22. The topological polar surface area (TPSA) is 59.9 Å². The zero-order chi connectivity index (χ0) is 18.4. The second-order valence-electron chi connectivity index (χ2n) is 6.29. The monoisotopic (exact) mass is 344 g/mol. The molecule has 0 aliphatic rings. The van der Waals surface area contributed by atoms with Gasteiger partial charge in [0.2, 0.25) is 0 Å². The van der Waals surface area contributed by atoms with Gasteiger partial charge < -0.3 is 0 Å². The van der Waals surface area contributed by atoms with E-state index in [0.717, 1.165) is 11.1 Å². The van der Waals surface area contributed by atoms with Crippen molar-refractivity contribution in [3.8, 4) is 0 Å². The van der Waals surface area contributed by atoms with E-state index in [1.54, 1.807) is 48.8 Å². The molecule has 0 saturated carbocycles. The molecule has 130 valence electrons. The van der Waals surface area contributed by atoms with Crippen LogP contribution in [0.1, 0.15) is 50.9 Å². The fourth-order valence-electron chi connectivity index (χ4n) is 2.86. The number of aryl methyl sites for hydroxylation is 1. The number of carbonyl (C=O) groups is 2. The van der Waals surface area contributed by atoms with Crippen LogP contribution in [0.4, 0.5) is 0 Å². The third kappa shape index (κ3) is 4.48. The minimum atomic E-state index is -0.209. The van der Waals surface area contributed by atoms with E-state index in [2.05, 4.69) is 9.97 Å². The van der Waals surface area contributed by atoms with E-state index in [0.29, 0.717) is 11.4 Å². The summed E-state index contributed by atoms with van der Waals surface area (Å²) >= 11 is 0. The van der Waals surface area contributed by atoms with Crippen LogP contribution in [-0.4, -0.2) is 21.5 Å². The summed E-state index contributed by atoms with van der Waals surface area (Å²) in [6.45, 7) is 2.01. The fraction of sp³-hybridized carbons (Fsp3) is 0.182. The molecule has 0 amide bonds. The summed E-state index contributed by atoms with van der Waals surface area (Å²) in [7, 11) is 0. The Kier molecular flexibility index (Phi) is 5.64. The second kappa shape index (κ2) is 8.30. The molecule has 0 radical (unpaired) electrons. The molecule has 0 N–H and O–H groups in total. The number of rotatable bonds is 7. The molecule has 0 saturated heterocycles. The molecule has 0 atom stereocenters. The van der Waals surface area contributed by atoms with Crippen molar-refractivity contribution < 1.29 is 9.59 Å². The average Bonchev–Trinajstić information content (AvgIpc) is 2.69. The number of nitrogens with zero attached hydrogens (tertiary/aromatic N) is 2. The fourth-order valence-corrected chi connectivity index (χ4v) is 2.86. The van der Waals surface area contributed by atoms with E-state index in [1.165, 1.54) is 0 Å². The van der Waals surface area contributed by atoms with Crippen LogP contribution in [0, 0.1) is 6.92 Å². The van der Waals surface area contributed by atoms with Crippen LogP contribution in [0.2, 0.25) is 0 Å². The van der Waals surface area contributed by atoms with Crippen LogP contribution in [-0.2, 0) is 0 Å². The first kappa shape index (κ1) is 17.7. The maximum absolute atomic E-state index is 12.6. The highest BCUT2D eigenvalue weighted by Crippen LogP contribution is 2.27. The molecule has 1 aromatic carbocycles. The highest BCUT2D eigenvalue weighted by molar-refractivity contribution is 5.97. The van der Waals surface area contributed by atoms with Crippen LogP contribution in [0.5, 0.6) is 0 Å². The van der Waals surface area contributed by atoms with Crippen molar-refractivity contribution in [3.63, 3.8) is 0 Å². The van der Waals surface area contributed by atoms with Gasteiger partial charge in [-0.1, -0.05) is 42.0 Å². The summed E-state index contributed by atoms with van der Waals surface area (Å²) in [4.78, 5) is 33.5. The lowest BCUT2D eigenvalue weighted by Gasteiger charge is -2.16. The maximum Gasteiger partial charge on any atom is 0.181 e. The van der Waals surface area contributed by atoms with Crippen molar-refractivity contribution in [1.82, 2.24) is 9.97 Å². The zero-order valence-electron chi connectivity index (χ0n) is 14.6. The van der Waals surface area contributed by atoms with E-state index in [4.69, 9.17) is 0 Å². The summed E-state index contributed by atoms with van der Waals surface area (Å²) in [6, 6.07) is 18.5. The largest absolute Gasteiger partial charge is 0.292 e. The molecule has 0 spiro atoms. The molecule has 2 heterocycles. The number of pyridine rings is 2. The minimum absolute atomic E-state index is 0.0648. The summed E-state index contributed by atoms with van der Waals surface area (Å²) in [5, 5.41) is 0. The molecule has 4 nitrogen and oxygen atoms in total. The van der Waals surface area contributed by atoms with Gasteiger partial charge in [-0.3, -0.25) is 19.6 Å². The molecule has 0 aliphatic heterocycles. The van der Waals surface area contributed by atoms with Crippen molar-refractivity contribution >= 4 is 11.6 Å². The van der Waals surface area contributed by atoms with Gasteiger partial charge in [-0.25, -0.2) is 0 Å². The van der Waals surface area contributed by atoms with Crippen LogP contribution in [0.25, 0.3) is 0 Å². The summed E-state index contributed by atoms with van der Waals surface area (Å²) in [5.41, 5.74) is 2.97. The van der Waals surface area contributed by atoms with Gasteiger partial charge in [0.1, 0.15) is 11.4 Å². The normalized spacial score (nSPS) is 10.7. The molecule has 3 rings (SSSR count). The van der Waals surface area contributed by atoms with Crippen molar-refractivity contribution in [2.75, 3.05) is 0 Å². The van der Waals surface area contributed by atoms with Crippen molar-refractivity contribution in [1.29, 1.82) is 0 Å². The van der Waals surface area contributed by atoms with E-state index in [9.17, 15) is 9.59 Å². The quantitative estimate of drug-likeness (QED) is 0.596. The molecule has 0 aliphatic carbocycles. The number of benzene rings is 1. The Morgan fingerprint density at radius 2 is 1.27 bits per heavy atom. The Bertz CT molecular complexity index is 822. The van der Waals surface area contributed by atoms with Gasteiger partial charge in [0.15, 0.2) is 11.6 Å². The minimum Gasteiger partial charge on any atom is -0.292 e. The Labute approximate surface area is 152 Å². The SMILES string of the molecule is Cc1ccc(C(CC(=O)c2ccccn2)CC(=O)c2ccccn2)cc1. The van der Waals surface area contributed by atoms with Gasteiger partial charge in [0, 0.05) is 25.2 Å². The van der Waals surface area contributed by atoms with Gasteiger partial charge in [0.25, 0.3) is 0 Å². The summed E-state index contributed by atoms with van der Waals surface area (Å²) in [5.74, 6) is -0.338. The lowest BCUT2D eigenvalue weighted by atomic mass is 9.87. The molecule has 26 heavy (non-hydrogen) atoms. The van der Waals surface area contributed by atoms with Crippen molar-refractivity contribution in [2.24, 2.45) is 0 Å². The smallest absolute Gasteiger partial charge is 0.181 e. The third-order valence-corrected chi connectivity index (χ3v) is 4.31. The molecule has 2 aromatic heterocycles. The van der Waals surface area contributed by atoms with Crippen LogP contribution in [0.15, 0.2) is 73.1 Å². The van der Waals surface area contributed by atoms with Crippen LogP contribution < -0.4 is 0 Å². The number of hydrogen-bond donors (Lipinski definition) is 0. The molecule has 0 bridgehead atoms. The predicted molar refractivity (Wildman–Crippen MR) is 100 cm³/mol. The maximum atomic E-state index is 12.6. The van der Waals surface area contributed by atoms with E-state index < -0.39 is 0 Å². The number of hydrogen-bond acceptors (Lipinski definition) is 4.